The molecule has 5 heteroatoms. The molecule has 1 atom stereocenters. The van der Waals surface area contributed by atoms with E-state index in [0.717, 1.165) is 6.42 Å². The van der Waals surface area contributed by atoms with Gasteiger partial charge in [0.05, 0.1) is 6.54 Å². The van der Waals surface area contributed by atoms with Gasteiger partial charge >= 0.3 is 5.97 Å². The largest absolute Gasteiger partial charge is 0.481 e. The van der Waals surface area contributed by atoms with Crippen molar-refractivity contribution < 1.29 is 14.7 Å². The van der Waals surface area contributed by atoms with E-state index in [1.54, 1.807) is 0 Å². The highest BCUT2D eigenvalue weighted by Crippen LogP contribution is 1.87. The number of carboxylic acids is 1. The Balaban J connectivity index is 3.37. The van der Waals surface area contributed by atoms with E-state index in [1.807, 2.05) is 13.8 Å². The minimum Gasteiger partial charge on any atom is -0.481 e. The van der Waals surface area contributed by atoms with Crippen molar-refractivity contribution in [2.24, 2.45) is 0 Å². The third-order valence-electron chi connectivity index (χ3n) is 2.11. The molecule has 1 amide bonds. The first-order chi connectivity index (χ1) is 7.06. The summed E-state index contributed by atoms with van der Waals surface area (Å²) in [7, 11) is 0. The van der Waals surface area contributed by atoms with Gasteiger partial charge in [-0.3, -0.25) is 9.59 Å². The number of rotatable bonds is 8. The molecule has 0 aliphatic carbocycles. The van der Waals surface area contributed by atoms with Crippen LogP contribution in [0.4, 0.5) is 0 Å². The van der Waals surface area contributed by atoms with Crippen LogP contribution in [0, 0.1) is 0 Å². The molecule has 0 saturated carbocycles. The van der Waals surface area contributed by atoms with Crippen LogP contribution in [0.15, 0.2) is 0 Å². The van der Waals surface area contributed by atoms with E-state index >= 15 is 0 Å². The molecule has 1 unspecified atom stereocenters. The molecular weight excluding hydrogens is 196 g/mol. The van der Waals surface area contributed by atoms with Crippen LogP contribution in [-0.4, -0.2) is 36.1 Å². The topological polar surface area (TPSA) is 78.4 Å². The van der Waals surface area contributed by atoms with Crippen LogP contribution in [-0.2, 0) is 9.59 Å². The average molecular weight is 216 g/mol. The fourth-order valence-electron chi connectivity index (χ4n) is 0.941. The molecule has 0 aromatic rings. The second kappa shape index (κ2) is 8.23. The Bertz CT molecular complexity index is 207. The second-order valence-electron chi connectivity index (χ2n) is 3.54. The molecule has 0 spiro atoms. The highest BCUT2D eigenvalue weighted by molar-refractivity contribution is 5.78. The summed E-state index contributed by atoms with van der Waals surface area (Å²) in [5, 5.41) is 14.1. The molecule has 0 heterocycles. The molecule has 0 aliphatic rings. The quantitative estimate of drug-likeness (QED) is 0.512. The maximum absolute atomic E-state index is 11.2. The molecule has 0 aliphatic heterocycles. The third kappa shape index (κ3) is 9.21. The first-order valence-corrected chi connectivity index (χ1v) is 5.28. The van der Waals surface area contributed by atoms with Crippen molar-refractivity contribution in [3.05, 3.63) is 0 Å². The molecule has 3 N–H and O–H groups in total. The number of hydrogen-bond donors (Lipinski definition) is 3. The third-order valence-corrected chi connectivity index (χ3v) is 2.11. The first kappa shape index (κ1) is 13.9. The second-order valence-corrected chi connectivity index (χ2v) is 3.54. The van der Waals surface area contributed by atoms with E-state index in [9.17, 15) is 9.59 Å². The molecule has 0 rings (SSSR count). The van der Waals surface area contributed by atoms with Gasteiger partial charge in [-0.15, -0.1) is 0 Å². The molecule has 0 saturated heterocycles. The monoisotopic (exact) mass is 216 g/mol. The molecule has 0 bridgehead atoms. The summed E-state index contributed by atoms with van der Waals surface area (Å²) in [4.78, 5) is 21.4. The Labute approximate surface area is 90.2 Å². The smallest absolute Gasteiger partial charge is 0.303 e. The number of carbonyl (C=O) groups is 2. The highest BCUT2D eigenvalue weighted by Gasteiger charge is 2.03. The minimum atomic E-state index is -0.832. The molecule has 0 radical (unpaired) electrons. The van der Waals surface area contributed by atoms with Crippen molar-refractivity contribution in [3.8, 4) is 0 Å². The average Bonchev–Trinajstić information content (AvgIpc) is 2.20. The van der Waals surface area contributed by atoms with Gasteiger partial charge < -0.3 is 15.7 Å². The highest BCUT2D eigenvalue weighted by atomic mass is 16.4. The van der Waals surface area contributed by atoms with E-state index in [-0.39, 0.29) is 12.3 Å². The van der Waals surface area contributed by atoms with E-state index in [0.29, 0.717) is 25.6 Å². The number of aliphatic carboxylic acids is 1. The van der Waals surface area contributed by atoms with Gasteiger partial charge in [-0.2, -0.15) is 0 Å². The summed E-state index contributed by atoms with van der Waals surface area (Å²) in [6, 6.07) is 0.328. The Morgan fingerprint density at radius 3 is 2.60 bits per heavy atom. The summed E-state index contributed by atoms with van der Waals surface area (Å²) in [5.74, 6) is -0.914. The number of amides is 1. The summed E-state index contributed by atoms with van der Waals surface area (Å²) in [6.07, 6.45) is 1.55. The molecule has 5 nitrogen and oxygen atoms in total. The first-order valence-electron chi connectivity index (χ1n) is 5.28. The Kier molecular flexibility index (Phi) is 7.62. The number of carbonyl (C=O) groups excluding carboxylic acids is 1. The lowest BCUT2D eigenvalue weighted by Gasteiger charge is -2.10. The lowest BCUT2D eigenvalue weighted by atomic mass is 10.2. The van der Waals surface area contributed by atoms with E-state index < -0.39 is 5.97 Å². The minimum absolute atomic E-state index is 0.0827. The molecule has 88 valence electrons. The van der Waals surface area contributed by atoms with Crippen molar-refractivity contribution in [2.45, 2.75) is 39.2 Å². The Hall–Kier alpha value is -1.10. The fourth-order valence-corrected chi connectivity index (χ4v) is 0.941. The van der Waals surface area contributed by atoms with Gasteiger partial charge in [-0.05, 0) is 19.8 Å². The van der Waals surface area contributed by atoms with E-state index in [1.165, 1.54) is 0 Å². The van der Waals surface area contributed by atoms with Gasteiger partial charge in [0.2, 0.25) is 5.91 Å². The molecule has 0 aromatic heterocycles. The zero-order chi connectivity index (χ0) is 11.7. The Morgan fingerprint density at radius 1 is 1.40 bits per heavy atom. The van der Waals surface area contributed by atoms with Crippen LogP contribution in [0.25, 0.3) is 0 Å². The van der Waals surface area contributed by atoms with Crippen LogP contribution in [0.5, 0.6) is 0 Å². The molecule has 15 heavy (non-hydrogen) atoms. The number of carboxylic acid groups (broad SMARTS) is 1. The Morgan fingerprint density at radius 2 is 2.07 bits per heavy atom. The van der Waals surface area contributed by atoms with Crippen molar-refractivity contribution >= 4 is 11.9 Å². The van der Waals surface area contributed by atoms with Gasteiger partial charge in [-0.25, -0.2) is 0 Å². The lowest BCUT2D eigenvalue weighted by Crippen LogP contribution is -2.38. The van der Waals surface area contributed by atoms with Crippen LogP contribution in [0.1, 0.15) is 33.1 Å². The predicted octanol–water partition coefficient (Wildman–Crippen LogP) is 0.355. The normalized spacial score (nSPS) is 12.1. The van der Waals surface area contributed by atoms with Gasteiger partial charge in [0.1, 0.15) is 0 Å². The van der Waals surface area contributed by atoms with Crippen molar-refractivity contribution in [1.82, 2.24) is 10.6 Å². The molecular formula is C10H20N2O3. The summed E-state index contributed by atoms with van der Waals surface area (Å²) in [6.45, 7) is 4.77. The fraction of sp³-hybridized carbons (Fsp3) is 0.800. The van der Waals surface area contributed by atoms with Gasteiger partial charge in [0, 0.05) is 19.0 Å². The van der Waals surface area contributed by atoms with Gasteiger partial charge in [0.25, 0.3) is 0 Å². The zero-order valence-electron chi connectivity index (χ0n) is 9.38. The maximum atomic E-state index is 11.2. The number of hydrogen-bond acceptors (Lipinski definition) is 3. The van der Waals surface area contributed by atoms with Crippen molar-refractivity contribution in [3.63, 3.8) is 0 Å². The molecule has 0 fully saturated rings. The van der Waals surface area contributed by atoms with Crippen LogP contribution < -0.4 is 10.6 Å². The van der Waals surface area contributed by atoms with Crippen LogP contribution in [0.2, 0.25) is 0 Å². The number of nitrogens with one attached hydrogen (secondary N) is 2. The van der Waals surface area contributed by atoms with Crippen molar-refractivity contribution in [2.75, 3.05) is 13.1 Å². The summed E-state index contributed by atoms with van der Waals surface area (Å²) >= 11 is 0. The van der Waals surface area contributed by atoms with Crippen molar-refractivity contribution in [1.29, 1.82) is 0 Å². The SMILES string of the molecule is CCC(C)NCC(=O)NCCCC(=O)O. The predicted molar refractivity (Wildman–Crippen MR) is 57.6 cm³/mol. The maximum Gasteiger partial charge on any atom is 0.303 e. The summed E-state index contributed by atoms with van der Waals surface area (Å²) < 4.78 is 0. The standard InChI is InChI=1S/C10H20N2O3/c1-3-8(2)12-7-9(13)11-6-4-5-10(14)15/h8,12H,3-7H2,1-2H3,(H,11,13)(H,14,15). The van der Waals surface area contributed by atoms with E-state index in [4.69, 9.17) is 5.11 Å². The zero-order valence-corrected chi connectivity index (χ0v) is 9.38. The molecule has 0 aromatic carbocycles. The summed E-state index contributed by atoms with van der Waals surface area (Å²) in [5.41, 5.74) is 0. The van der Waals surface area contributed by atoms with Crippen LogP contribution in [0.3, 0.4) is 0 Å². The lowest BCUT2D eigenvalue weighted by molar-refractivity contribution is -0.137. The van der Waals surface area contributed by atoms with Gasteiger partial charge in [-0.1, -0.05) is 6.92 Å². The van der Waals surface area contributed by atoms with E-state index in [2.05, 4.69) is 10.6 Å². The van der Waals surface area contributed by atoms with Crippen LogP contribution >= 0.6 is 0 Å². The van der Waals surface area contributed by atoms with Gasteiger partial charge in [0.15, 0.2) is 0 Å².